The molecule has 0 aliphatic heterocycles. The van der Waals surface area contributed by atoms with Gasteiger partial charge in [-0.05, 0) is 74.4 Å². The van der Waals surface area contributed by atoms with Crippen molar-refractivity contribution in [3.8, 4) is 11.3 Å². The second-order valence-corrected chi connectivity index (χ2v) is 9.88. The van der Waals surface area contributed by atoms with E-state index in [1.807, 2.05) is 0 Å². The van der Waals surface area contributed by atoms with E-state index in [-0.39, 0.29) is 36.3 Å². The van der Waals surface area contributed by atoms with Crippen molar-refractivity contribution in [3.05, 3.63) is 72.4 Å². The highest BCUT2D eigenvalue weighted by Gasteiger charge is 2.24. The molecular weight excluding hydrogens is 492 g/mol. The molecule has 3 aromatic rings. The van der Waals surface area contributed by atoms with E-state index in [1.54, 1.807) is 33.9 Å². The lowest BCUT2D eigenvalue weighted by molar-refractivity contribution is 0.0285. The molecule has 33 heavy (non-hydrogen) atoms. The summed E-state index contributed by atoms with van der Waals surface area (Å²) in [6.45, 7) is 5.42. The quantitative estimate of drug-likeness (QED) is 0.468. The Bertz CT molecular complexity index is 1180. The third-order valence-corrected chi connectivity index (χ3v) is 5.96. The normalized spacial score (nSPS) is 11.2. The fourth-order valence-electron chi connectivity index (χ4n) is 2.90. The summed E-state index contributed by atoms with van der Waals surface area (Å²) in [7, 11) is -2.40. The molecule has 0 spiro atoms. The fraction of sp³-hybridized carbons (Fsp3) is 0.273. The van der Waals surface area contributed by atoms with Gasteiger partial charge in [0.15, 0.2) is 0 Å². The predicted octanol–water partition coefficient (Wildman–Crippen LogP) is 5.14. The highest BCUT2D eigenvalue weighted by molar-refractivity contribution is 7.90. The van der Waals surface area contributed by atoms with E-state index in [0.29, 0.717) is 16.8 Å². The Morgan fingerprint density at radius 3 is 2.33 bits per heavy atom. The molecule has 180 valence electrons. The Balaban J connectivity index is 0.00000272. The fourth-order valence-corrected chi connectivity index (χ4v) is 4.27. The van der Waals surface area contributed by atoms with Crippen molar-refractivity contribution in [2.45, 2.75) is 37.8 Å². The molecular formula is C22H26Cl2FN3O4S. The van der Waals surface area contributed by atoms with Crippen LogP contribution < -0.4 is 0 Å². The predicted molar refractivity (Wildman–Crippen MR) is 129 cm³/mol. The van der Waals surface area contributed by atoms with E-state index >= 15 is 0 Å². The Kier molecular flexibility index (Phi) is 9.47. The maximum absolute atomic E-state index is 13.4. The Labute approximate surface area is 205 Å². The van der Waals surface area contributed by atoms with Crippen LogP contribution in [0.4, 0.5) is 9.18 Å². The van der Waals surface area contributed by atoms with Crippen molar-refractivity contribution >= 4 is 40.9 Å². The minimum atomic E-state index is -3.97. The van der Waals surface area contributed by atoms with Crippen LogP contribution in [0.3, 0.4) is 0 Å². The van der Waals surface area contributed by atoms with Gasteiger partial charge in [-0.15, -0.1) is 24.8 Å². The van der Waals surface area contributed by atoms with Crippen molar-refractivity contribution < 1.29 is 22.3 Å². The number of aromatic nitrogens is 2. The van der Waals surface area contributed by atoms with Crippen LogP contribution in [0.25, 0.3) is 11.3 Å². The summed E-state index contributed by atoms with van der Waals surface area (Å²) in [5.41, 5.74) is 0.775. The molecule has 0 unspecified atom stereocenters. The van der Waals surface area contributed by atoms with Gasteiger partial charge in [0.25, 0.3) is 10.0 Å². The molecule has 0 saturated heterocycles. The van der Waals surface area contributed by atoms with Gasteiger partial charge in [0.2, 0.25) is 0 Å². The van der Waals surface area contributed by atoms with Gasteiger partial charge in [-0.2, -0.15) is 0 Å². The van der Waals surface area contributed by atoms with Crippen LogP contribution in [0.1, 0.15) is 26.3 Å². The Morgan fingerprint density at radius 2 is 1.79 bits per heavy atom. The third kappa shape index (κ3) is 6.93. The Hall–Kier alpha value is -2.62. The van der Waals surface area contributed by atoms with Crippen molar-refractivity contribution in [3.63, 3.8) is 0 Å². The molecule has 0 aliphatic rings. The summed E-state index contributed by atoms with van der Waals surface area (Å²) in [5, 5.41) is 0. The second kappa shape index (κ2) is 11.0. The van der Waals surface area contributed by atoms with Gasteiger partial charge in [0, 0.05) is 25.6 Å². The molecule has 7 nitrogen and oxygen atoms in total. The van der Waals surface area contributed by atoms with Gasteiger partial charge >= 0.3 is 6.09 Å². The van der Waals surface area contributed by atoms with E-state index in [9.17, 15) is 17.6 Å². The molecule has 3 rings (SSSR count). The molecule has 0 radical (unpaired) electrons. The van der Waals surface area contributed by atoms with Crippen molar-refractivity contribution in [1.82, 2.24) is 13.9 Å². The molecule has 1 amide bonds. The third-order valence-electron chi connectivity index (χ3n) is 4.30. The molecule has 0 saturated carbocycles. The highest BCUT2D eigenvalue weighted by atomic mass is 35.5. The van der Waals surface area contributed by atoms with E-state index < -0.39 is 27.5 Å². The number of carbonyl (C=O) groups excluding carboxylic acids is 1. The summed E-state index contributed by atoms with van der Waals surface area (Å²) >= 11 is 0. The van der Waals surface area contributed by atoms with Crippen molar-refractivity contribution in [1.29, 1.82) is 0 Å². The molecule has 0 fully saturated rings. The van der Waals surface area contributed by atoms with Gasteiger partial charge in [0.05, 0.1) is 12.2 Å². The van der Waals surface area contributed by atoms with E-state index in [1.165, 1.54) is 59.9 Å². The molecule has 0 bridgehead atoms. The molecule has 0 N–H and O–H groups in total. The lowest BCUT2D eigenvalue weighted by Crippen LogP contribution is -2.33. The standard InChI is InChI=1S/C22H24FN3O4S.2ClH/c1-22(2,3)30-21(27)25(4)14-16-12-20(17-7-9-18(23)10-8-17)26(15-16)31(28,29)19-6-5-11-24-13-19;;/h5-13,15H,14H2,1-4H3;2*1H. The maximum atomic E-state index is 13.4. The van der Waals surface area contributed by atoms with Crippen LogP contribution in [0, 0.1) is 5.82 Å². The zero-order valence-electron chi connectivity index (χ0n) is 18.6. The first-order chi connectivity index (χ1) is 14.5. The first kappa shape index (κ1) is 28.4. The minimum Gasteiger partial charge on any atom is -0.444 e. The van der Waals surface area contributed by atoms with Crippen molar-refractivity contribution in [2.24, 2.45) is 0 Å². The van der Waals surface area contributed by atoms with Crippen LogP contribution in [0.15, 0.2) is 66.0 Å². The lowest BCUT2D eigenvalue weighted by Gasteiger charge is -2.24. The second-order valence-electron chi connectivity index (χ2n) is 8.07. The topological polar surface area (TPSA) is 81.5 Å². The minimum absolute atomic E-state index is 0. The lowest BCUT2D eigenvalue weighted by atomic mass is 10.1. The van der Waals surface area contributed by atoms with Crippen LogP contribution in [0.5, 0.6) is 0 Å². The smallest absolute Gasteiger partial charge is 0.410 e. The average molecular weight is 518 g/mol. The largest absolute Gasteiger partial charge is 0.444 e. The number of benzene rings is 1. The number of hydrogen-bond acceptors (Lipinski definition) is 5. The molecule has 2 aromatic heterocycles. The van der Waals surface area contributed by atoms with Crippen molar-refractivity contribution in [2.75, 3.05) is 7.05 Å². The zero-order valence-corrected chi connectivity index (χ0v) is 21.0. The summed E-state index contributed by atoms with van der Waals surface area (Å²) in [5.74, 6) is -0.429. The first-order valence-electron chi connectivity index (χ1n) is 9.54. The monoisotopic (exact) mass is 517 g/mol. The van der Waals surface area contributed by atoms with Gasteiger partial charge in [-0.25, -0.2) is 21.6 Å². The number of amides is 1. The maximum Gasteiger partial charge on any atom is 0.410 e. The van der Waals surface area contributed by atoms with Gasteiger partial charge in [0.1, 0.15) is 16.3 Å². The van der Waals surface area contributed by atoms with Gasteiger partial charge in [-0.1, -0.05) is 0 Å². The molecule has 1 aromatic carbocycles. The molecule has 0 atom stereocenters. The van der Waals surface area contributed by atoms with Gasteiger partial charge < -0.3 is 9.64 Å². The zero-order chi connectivity index (χ0) is 22.8. The van der Waals surface area contributed by atoms with E-state index in [2.05, 4.69) is 4.98 Å². The number of hydrogen-bond donors (Lipinski definition) is 0. The number of ether oxygens (including phenoxy) is 1. The Morgan fingerprint density at radius 1 is 1.15 bits per heavy atom. The van der Waals surface area contributed by atoms with Crippen LogP contribution in [-0.2, 0) is 21.3 Å². The molecule has 2 heterocycles. The summed E-state index contributed by atoms with van der Waals surface area (Å²) < 4.78 is 46.4. The SMILES string of the molecule is CN(Cc1cc(-c2ccc(F)cc2)n(S(=O)(=O)c2cccnc2)c1)C(=O)OC(C)(C)C.Cl.Cl. The molecule has 11 heteroatoms. The summed E-state index contributed by atoms with van der Waals surface area (Å²) in [4.78, 5) is 17.6. The van der Waals surface area contributed by atoms with E-state index in [0.717, 1.165) is 3.97 Å². The number of pyridine rings is 1. The summed E-state index contributed by atoms with van der Waals surface area (Å²) in [6.07, 6.45) is 3.66. The first-order valence-corrected chi connectivity index (χ1v) is 11.0. The number of rotatable bonds is 5. The van der Waals surface area contributed by atoms with Crippen LogP contribution in [0.2, 0.25) is 0 Å². The van der Waals surface area contributed by atoms with E-state index in [4.69, 9.17) is 4.74 Å². The number of halogens is 3. The van der Waals surface area contributed by atoms with Crippen LogP contribution in [-0.4, -0.2) is 41.0 Å². The highest BCUT2D eigenvalue weighted by Crippen LogP contribution is 2.28. The van der Waals surface area contributed by atoms with Gasteiger partial charge in [-0.3, -0.25) is 4.98 Å². The number of carbonyl (C=O) groups is 1. The average Bonchev–Trinajstić information content (AvgIpc) is 3.12. The number of nitrogens with zero attached hydrogens (tertiary/aromatic N) is 3. The summed E-state index contributed by atoms with van der Waals surface area (Å²) in [6, 6.07) is 10.2. The molecule has 0 aliphatic carbocycles. The van der Waals surface area contributed by atoms with Crippen LogP contribution >= 0.6 is 24.8 Å².